The number of hydrogen-bond acceptors (Lipinski definition) is 3. The van der Waals surface area contributed by atoms with E-state index in [4.69, 9.17) is 4.74 Å². The molecule has 1 aromatic rings. The Balaban J connectivity index is 2.42. The molecule has 0 aliphatic carbocycles. The largest absolute Gasteiger partial charge is 0.464 e. The van der Waals surface area contributed by atoms with Crippen molar-refractivity contribution in [2.75, 3.05) is 6.61 Å². The van der Waals surface area contributed by atoms with E-state index in [-0.39, 0.29) is 5.91 Å². The van der Waals surface area contributed by atoms with Gasteiger partial charge in [0.25, 0.3) is 5.91 Å². The van der Waals surface area contributed by atoms with Gasteiger partial charge in [0, 0.05) is 4.47 Å². The standard InChI is InChI=1S/C16H22BrNO3/c1-11(2)7-6-10-21-16(20)12(3)18-15(19)13-8-4-5-9-14(13)17/h4-5,8-9,11-12H,6-7,10H2,1-3H3,(H,18,19). The van der Waals surface area contributed by atoms with Crippen molar-refractivity contribution in [3.63, 3.8) is 0 Å². The maximum atomic E-state index is 12.1. The van der Waals surface area contributed by atoms with E-state index in [9.17, 15) is 9.59 Å². The average molecular weight is 356 g/mol. The van der Waals surface area contributed by atoms with Crippen LogP contribution in [0.1, 0.15) is 44.0 Å². The molecular weight excluding hydrogens is 334 g/mol. The van der Waals surface area contributed by atoms with Crippen LogP contribution in [0.4, 0.5) is 0 Å². The van der Waals surface area contributed by atoms with E-state index in [1.807, 2.05) is 6.07 Å². The van der Waals surface area contributed by atoms with Crippen LogP contribution in [0.5, 0.6) is 0 Å². The molecule has 5 heteroatoms. The highest BCUT2D eigenvalue weighted by molar-refractivity contribution is 9.10. The first-order valence-corrected chi connectivity index (χ1v) is 7.93. The van der Waals surface area contributed by atoms with Gasteiger partial charge in [-0.05, 0) is 53.7 Å². The summed E-state index contributed by atoms with van der Waals surface area (Å²) < 4.78 is 5.85. The van der Waals surface area contributed by atoms with Gasteiger partial charge in [-0.2, -0.15) is 0 Å². The van der Waals surface area contributed by atoms with Crippen LogP contribution in [-0.2, 0) is 9.53 Å². The third-order valence-electron chi connectivity index (χ3n) is 2.99. The number of benzene rings is 1. The fourth-order valence-corrected chi connectivity index (χ4v) is 2.23. The molecule has 116 valence electrons. The summed E-state index contributed by atoms with van der Waals surface area (Å²) in [4.78, 5) is 23.8. The summed E-state index contributed by atoms with van der Waals surface area (Å²) >= 11 is 3.31. The molecule has 1 N–H and O–H groups in total. The van der Waals surface area contributed by atoms with E-state index in [1.165, 1.54) is 0 Å². The van der Waals surface area contributed by atoms with Crippen LogP contribution in [0.2, 0.25) is 0 Å². The normalized spacial score (nSPS) is 12.0. The van der Waals surface area contributed by atoms with Gasteiger partial charge < -0.3 is 10.1 Å². The zero-order valence-electron chi connectivity index (χ0n) is 12.7. The van der Waals surface area contributed by atoms with Crippen LogP contribution in [0.3, 0.4) is 0 Å². The Kier molecular flexibility index (Phi) is 7.43. The van der Waals surface area contributed by atoms with Crippen molar-refractivity contribution in [3.8, 4) is 0 Å². The quantitative estimate of drug-likeness (QED) is 0.601. The summed E-state index contributed by atoms with van der Waals surface area (Å²) in [5, 5.41) is 2.64. The molecule has 0 aliphatic rings. The molecule has 0 spiro atoms. The number of rotatable bonds is 7. The highest BCUT2D eigenvalue weighted by Gasteiger charge is 2.18. The molecule has 0 saturated heterocycles. The highest BCUT2D eigenvalue weighted by Crippen LogP contribution is 2.15. The lowest BCUT2D eigenvalue weighted by molar-refractivity contribution is -0.145. The Hall–Kier alpha value is -1.36. The van der Waals surface area contributed by atoms with Crippen LogP contribution in [0, 0.1) is 5.92 Å². The Bertz CT molecular complexity index is 488. The maximum absolute atomic E-state index is 12.1. The fraction of sp³-hybridized carbons (Fsp3) is 0.500. The Morgan fingerprint density at radius 3 is 2.52 bits per heavy atom. The second-order valence-electron chi connectivity index (χ2n) is 5.38. The zero-order chi connectivity index (χ0) is 15.8. The molecular formula is C16H22BrNO3. The van der Waals surface area contributed by atoms with Crippen molar-refractivity contribution in [3.05, 3.63) is 34.3 Å². The molecule has 0 fully saturated rings. The SMILES string of the molecule is CC(C)CCCOC(=O)C(C)NC(=O)c1ccccc1Br. The first-order chi connectivity index (χ1) is 9.91. The molecule has 0 bridgehead atoms. The van der Waals surface area contributed by atoms with Gasteiger partial charge in [-0.1, -0.05) is 26.0 Å². The second kappa shape index (κ2) is 8.82. The van der Waals surface area contributed by atoms with Gasteiger partial charge >= 0.3 is 5.97 Å². The number of carbonyl (C=O) groups excluding carboxylic acids is 2. The van der Waals surface area contributed by atoms with Crippen LogP contribution >= 0.6 is 15.9 Å². The molecule has 0 aromatic heterocycles. The number of carbonyl (C=O) groups is 2. The van der Waals surface area contributed by atoms with Gasteiger partial charge in [0.15, 0.2) is 0 Å². The molecule has 21 heavy (non-hydrogen) atoms. The molecule has 1 aromatic carbocycles. The minimum Gasteiger partial charge on any atom is -0.464 e. The lowest BCUT2D eigenvalue weighted by Gasteiger charge is -2.14. The number of hydrogen-bond donors (Lipinski definition) is 1. The molecule has 0 heterocycles. The van der Waals surface area contributed by atoms with Gasteiger partial charge in [0.1, 0.15) is 6.04 Å². The van der Waals surface area contributed by atoms with Crippen molar-refractivity contribution in [2.45, 2.75) is 39.7 Å². The summed E-state index contributed by atoms with van der Waals surface area (Å²) in [5.74, 6) is -0.107. The van der Waals surface area contributed by atoms with Crippen molar-refractivity contribution in [1.29, 1.82) is 0 Å². The molecule has 1 atom stereocenters. The van der Waals surface area contributed by atoms with Gasteiger partial charge in [-0.15, -0.1) is 0 Å². The van der Waals surface area contributed by atoms with Crippen molar-refractivity contribution in [2.24, 2.45) is 5.92 Å². The summed E-state index contributed by atoms with van der Waals surface area (Å²) in [6, 6.07) is 6.41. The molecule has 1 rings (SSSR count). The molecule has 0 radical (unpaired) electrons. The van der Waals surface area contributed by atoms with Crippen molar-refractivity contribution >= 4 is 27.8 Å². The smallest absolute Gasteiger partial charge is 0.328 e. The van der Waals surface area contributed by atoms with Crippen LogP contribution in [-0.4, -0.2) is 24.5 Å². The monoisotopic (exact) mass is 355 g/mol. The number of amides is 1. The van der Waals surface area contributed by atoms with Crippen LogP contribution in [0.15, 0.2) is 28.7 Å². The van der Waals surface area contributed by atoms with Crippen molar-refractivity contribution in [1.82, 2.24) is 5.32 Å². The first-order valence-electron chi connectivity index (χ1n) is 7.14. The number of ether oxygens (including phenoxy) is 1. The molecule has 4 nitrogen and oxygen atoms in total. The Labute approximate surface area is 134 Å². The molecule has 1 unspecified atom stereocenters. The van der Waals surface area contributed by atoms with E-state index in [0.717, 1.165) is 12.8 Å². The lowest BCUT2D eigenvalue weighted by Crippen LogP contribution is -2.39. The first kappa shape index (κ1) is 17.7. The van der Waals surface area contributed by atoms with Crippen LogP contribution < -0.4 is 5.32 Å². The minimum atomic E-state index is -0.663. The number of esters is 1. The van der Waals surface area contributed by atoms with Gasteiger partial charge in [-0.25, -0.2) is 4.79 Å². The van der Waals surface area contributed by atoms with Gasteiger partial charge in [0.05, 0.1) is 12.2 Å². The summed E-state index contributed by atoms with van der Waals surface area (Å²) in [6.45, 7) is 6.27. The number of nitrogens with one attached hydrogen (secondary N) is 1. The predicted octanol–water partition coefficient (Wildman–Crippen LogP) is 3.55. The lowest BCUT2D eigenvalue weighted by atomic mass is 10.1. The zero-order valence-corrected chi connectivity index (χ0v) is 14.3. The highest BCUT2D eigenvalue weighted by atomic mass is 79.9. The molecule has 0 saturated carbocycles. The Morgan fingerprint density at radius 1 is 1.24 bits per heavy atom. The Morgan fingerprint density at radius 2 is 1.90 bits per heavy atom. The van der Waals surface area contributed by atoms with Gasteiger partial charge in [-0.3, -0.25) is 4.79 Å². The van der Waals surface area contributed by atoms with Crippen molar-refractivity contribution < 1.29 is 14.3 Å². The molecule has 0 aliphatic heterocycles. The minimum absolute atomic E-state index is 0.297. The topological polar surface area (TPSA) is 55.4 Å². The third kappa shape index (κ3) is 6.29. The van der Waals surface area contributed by atoms with E-state index >= 15 is 0 Å². The second-order valence-corrected chi connectivity index (χ2v) is 6.23. The predicted molar refractivity (Wildman–Crippen MR) is 86.1 cm³/mol. The summed E-state index contributed by atoms with van der Waals surface area (Å²) in [7, 11) is 0. The number of halogens is 1. The fourth-order valence-electron chi connectivity index (χ4n) is 1.77. The summed E-state index contributed by atoms with van der Waals surface area (Å²) in [5.41, 5.74) is 0.497. The van der Waals surface area contributed by atoms with E-state index in [2.05, 4.69) is 35.1 Å². The van der Waals surface area contributed by atoms with Crippen LogP contribution in [0.25, 0.3) is 0 Å². The molecule has 1 amide bonds. The summed E-state index contributed by atoms with van der Waals surface area (Å²) in [6.07, 6.45) is 1.86. The average Bonchev–Trinajstić information content (AvgIpc) is 2.43. The third-order valence-corrected chi connectivity index (χ3v) is 3.68. The van der Waals surface area contributed by atoms with E-state index < -0.39 is 12.0 Å². The maximum Gasteiger partial charge on any atom is 0.328 e. The van der Waals surface area contributed by atoms with Gasteiger partial charge in [0.2, 0.25) is 0 Å². The van der Waals surface area contributed by atoms with E-state index in [1.54, 1.807) is 25.1 Å². The van der Waals surface area contributed by atoms with E-state index in [0.29, 0.717) is 22.6 Å².